The third kappa shape index (κ3) is 4.35. The molecule has 154 valence electrons. The monoisotopic (exact) mass is 399 g/mol. The van der Waals surface area contributed by atoms with Crippen LogP contribution in [0.5, 0.6) is 5.75 Å². The average Bonchev–Trinajstić information content (AvgIpc) is 3.28. The smallest absolute Gasteiger partial charge is 0.290 e. The zero-order valence-corrected chi connectivity index (χ0v) is 17.1. The van der Waals surface area contributed by atoms with Crippen LogP contribution in [0.2, 0.25) is 0 Å². The molecule has 0 saturated carbocycles. The van der Waals surface area contributed by atoms with Crippen LogP contribution < -0.4 is 9.64 Å². The molecular weight excluding hydrogens is 372 g/mol. The second-order valence-electron chi connectivity index (χ2n) is 7.66. The van der Waals surface area contributed by atoms with Gasteiger partial charge in [0.25, 0.3) is 5.91 Å². The maximum absolute atomic E-state index is 13.0. The van der Waals surface area contributed by atoms with Gasteiger partial charge in [-0.05, 0) is 43.7 Å². The molecule has 0 radical (unpaired) electrons. The number of benzene rings is 1. The largest absolute Gasteiger partial charge is 0.503 e. The molecule has 1 aromatic heterocycles. The molecule has 29 heavy (non-hydrogen) atoms. The Bertz CT molecular complexity index is 898. The van der Waals surface area contributed by atoms with Crippen LogP contribution in [0.4, 0.5) is 0 Å². The van der Waals surface area contributed by atoms with E-state index < -0.39 is 23.5 Å². The van der Waals surface area contributed by atoms with Gasteiger partial charge in [-0.2, -0.15) is 0 Å². The molecule has 3 rings (SSSR count). The van der Waals surface area contributed by atoms with E-state index >= 15 is 0 Å². The number of aliphatic hydroxyl groups excluding tert-OH is 1. The molecule has 7 nitrogen and oxygen atoms in total. The number of carbonyl (C=O) groups is 2. The lowest BCUT2D eigenvalue weighted by atomic mass is 9.95. The van der Waals surface area contributed by atoms with E-state index in [1.807, 2.05) is 40.1 Å². The second kappa shape index (κ2) is 8.53. The molecule has 1 amide bonds. The number of Topliss-reactive ketones (excluding diaryl/α,β-unsaturated/α-hetero) is 1. The molecule has 0 aliphatic carbocycles. The summed E-state index contributed by atoms with van der Waals surface area (Å²) < 4.78 is 10.9. The maximum Gasteiger partial charge on any atom is 0.290 e. The fourth-order valence-corrected chi connectivity index (χ4v) is 3.35. The number of carbonyl (C=O) groups excluding carboxylic acids is 2. The first-order chi connectivity index (χ1) is 13.8. The quantitative estimate of drug-likeness (QED) is 0.661. The van der Waals surface area contributed by atoms with Crippen LogP contribution >= 0.6 is 0 Å². The Balaban J connectivity index is 2.00. The molecule has 1 aromatic carbocycles. The molecule has 0 saturated heterocycles. The predicted molar refractivity (Wildman–Crippen MR) is 107 cm³/mol. The van der Waals surface area contributed by atoms with E-state index in [-0.39, 0.29) is 17.4 Å². The summed E-state index contributed by atoms with van der Waals surface area (Å²) in [4.78, 5) is 28.5. The standard InChI is InChI=1S/C22H26N2O5/c1-14(2)29-16-9-7-15(8-10-16)19-18(20(25)17-6-5-13-28-17)21(26)22(27)24(19)12-11-23(3)4/h5-10,13-14,19,26H,11-12H2,1-4H3/p+1/t19-/m0/s1. The Morgan fingerprint density at radius 3 is 2.48 bits per heavy atom. The van der Waals surface area contributed by atoms with Gasteiger partial charge in [-0.3, -0.25) is 9.59 Å². The third-order valence-electron chi connectivity index (χ3n) is 4.71. The fraction of sp³-hybridized carbons (Fsp3) is 0.364. The van der Waals surface area contributed by atoms with Gasteiger partial charge in [-0.1, -0.05) is 12.1 Å². The van der Waals surface area contributed by atoms with E-state index in [9.17, 15) is 14.7 Å². The van der Waals surface area contributed by atoms with Crippen LogP contribution in [0.3, 0.4) is 0 Å². The molecule has 0 bridgehead atoms. The Hall–Kier alpha value is -3.06. The minimum Gasteiger partial charge on any atom is -0.503 e. The van der Waals surface area contributed by atoms with E-state index in [1.54, 1.807) is 18.2 Å². The first-order valence-electron chi connectivity index (χ1n) is 9.67. The van der Waals surface area contributed by atoms with Crippen molar-refractivity contribution in [3.8, 4) is 5.75 Å². The Morgan fingerprint density at radius 2 is 1.93 bits per heavy atom. The van der Waals surface area contributed by atoms with Gasteiger partial charge < -0.3 is 24.1 Å². The number of nitrogens with one attached hydrogen (secondary N) is 1. The molecule has 1 aliphatic rings. The number of amides is 1. The molecule has 2 heterocycles. The molecule has 1 aliphatic heterocycles. The zero-order valence-electron chi connectivity index (χ0n) is 17.1. The van der Waals surface area contributed by atoms with Gasteiger partial charge in [0.1, 0.15) is 5.75 Å². The van der Waals surface area contributed by atoms with E-state index in [0.717, 1.165) is 10.5 Å². The Labute approximate surface area is 170 Å². The highest BCUT2D eigenvalue weighted by Crippen LogP contribution is 2.39. The number of ketones is 1. The van der Waals surface area contributed by atoms with Crippen molar-refractivity contribution in [2.24, 2.45) is 0 Å². The average molecular weight is 399 g/mol. The molecule has 0 spiro atoms. The predicted octanol–water partition coefficient (Wildman–Crippen LogP) is 1.79. The first kappa shape index (κ1) is 20.7. The van der Waals surface area contributed by atoms with Crippen LogP contribution in [0.15, 0.2) is 58.4 Å². The van der Waals surface area contributed by atoms with E-state index in [0.29, 0.717) is 18.8 Å². The summed E-state index contributed by atoms with van der Waals surface area (Å²) in [6, 6.07) is 9.68. The molecular formula is C22H27N2O5+. The van der Waals surface area contributed by atoms with Crippen molar-refractivity contribution >= 4 is 11.7 Å². The number of nitrogens with zero attached hydrogens (tertiary/aromatic N) is 1. The van der Waals surface area contributed by atoms with Crippen molar-refractivity contribution in [3.63, 3.8) is 0 Å². The summed E-state index contributed by atoms with van der Waals surface area (Å²) in [5.41, 5.74) is 0.762. The summed E-state index contributed by atoms with van der Waals surface area (Å²) in [6.07, 6.45) is 1.43. The van der Waals surface area contributed by atoms with Crippen molar-refractivity contribution in [2.45, 2.75) is 26.0 Å². The zero-order chi connectivity index (χ0) is 21.1. The number of quaternary nitrogens is 1. The van der Waals surface area contributed by atoms with Crippen LogP contribution in [0.1, 0.15) is 36.0 Å². The maximum atomic E-state index is 13.0. The first-order valence-corrected chi connectivity index (χ1v) is 9.67. The van der Waals surface area contributed by atoms with Crippen LogP contribution in [-0.4, -0.2) is 55.0 Å². The summed E-state index contributed by atoms with van der Waals surface area (Å²) in [5.74, 6) is -0.775. The summed E-state index contributed by atoms with van der Waals surface area (Å²) in [7, 11) is 3.96. The SMILES string of the molecule is CC(C)Oc1ccc([C@H]2C(C(=O)c3ccco3)=C(O)C(=O)N2CC[NH+](C)C)cc1. The van der Waals surface area contributed by atoms with Crippen molar-refractivity contribution in [1.82, 2.24) is 4.90 Å². The van der Waals surface area contributed by atoms with Gasteiger partial charge in [0.05, 0.1) is 51.2 Å². The van der Waals surface area contributed by atoms with Gasteiger partial charge in [0.2, 0.25) is 5.78 Å². The molecule has 1 atom stereocenters. The molecule has 2 N–H and O–H groups in total. The highest BCUT2D eigenvalue weighted by Gasteiger charge is 2.44. The van der Waals surface area contributed by atoms with E-state index in [1.165, 1.54) is 17.2 Å². The van der Waals surface area contributed by atoms with Crippen molar-refractivity contribution in [1.29, 1.82) is 0 Å². The summed E-state index contributed by atoms with van der Waals surface area (Å²) >= 11 is 0. The molecule has 0 unspecified atom stereocenters. The lowest BCUT2D eigenvalue weighted by molar-refractivity contribution is -0.857. The van der Waals surface area contributed by atoms with Crippen LogP contribution in [0, 0.1) is 0 Å². The third-order valence-corrected chi connectivity index (χ3v) is 4.71. The highest BCUT2D eigenvalue weighted by molar-refractivity contribution is 6.15. The number of ether oxygens (including phenoxy) is 1. The van der Waals surface area contributed by atoms with Crippen LogP contribution in [-0.2, 0) is 4.79 Å². The van der Waals surface area contributed by atoms with Crippen molar-refractivity contribution in [3.05, 3.63) is 65.3 Å². The summed E-state index contributed by atoms with van der Waals surface area (Å²) in [5, 5.41) is 10.6. The van der Waals surface area contributed by atoms with Gasteiger partial charge >= 0.3 is 0 Å². The number of furan rings is 1. The van der Waals surface area contributed by atoms with Crippen LogP contribution in [0.25, 0.3) is 0 Å². The molecule has 2 aromatic rings. The number of likely N-dealkylation sites (N-methyl/N-ethyl adjacent to an activating group) is 1. The fourth-order valence-electron chi connectivity index (χ4n) is 3.35. The van der Waals surface area contributed by atoms with Crippen molar-refractivity contribution < 1.29 is 28.7 Å². The van der Waals surface area contributed by atoms with Gasteiger partial charge in [-0.15, -0.1) is 0 Å². The summed E-state index contributed by atoms with van der Waals surface area (Å²) in [6.45, 7) is 4.95. The van der Waals surface area contributed by atoms with E-state index in [4.69, 9.17) is 9.15 Å². The normalized spacial score (nSPS) is 17.0. The molecule has 0 fully saturated rings. The second-order valence-corrected chi connectivity index (χ2v) is 7.66. The Kier molecular flexibility index (Phi) is 6.08. The number of hydrogen-bond donors (Lipinski definition) is 2. The lowest BCUT2D eigenvalue weighted by Gasteiger charge is -2.27. The van der Waals surface area contributed by atoms with E-state index in [2.05, 4.69) is 0 Å². The number of hydrogen-bond acceptors (Lipinski definition) is 5. The minimum atomic E-state index is -0.687. The lowest BCUT2D eigenvalue weighted by Crippen LogP contribution is -3.06. The number of rotatable bonds is 8. The van der Waals surface area contributed by atoms with Gasteiger partial charge in [0.15, 0.2) is 11.5 Å². The van der Waals surface area contributed by atoms with Crippen molar-refractivity contribution in [2.75, 3.05) is 27.2 Å². The van der Waals surface area contributed by atoms with Gasteiger partial charge in [0, 0.05) is 0 Å². The number of aliphatic hydroxyl groups is 1. The highest BCUT2D eigenvalue weighted by atomic mass is 16.5. The Morgan fingerprint density at radius 1 is 1.24 bits per heavy atom. The molecule has 7 heteroatoms. The van der Waals surface area contributed by atoms with Gasteiger partial charge in [-0.25, -0.2) is 0 Å². The topological polar surface area (TPSA) is 84.4 Å². The minimum absolute atomic E-state index is 0.0357.